The third kappa shape index (κ3) is 7.79. The van der Waals surface area contributed by atoms with Crippen LogP contribution in [0.25, 0.3) is 0 Å². The van der Waals surface area contributed by atoms with Crippen molar-refractivity contribution in [3.8, 4) is 6.07 Å². The second kappa shape index (κ2) is 11.2. The van der Waals surface area contributed by atoms with Gasteiger partial charge in [0.25, 0.3) is 0 Å². The van der Waals surface area contributed by atoms with Gasteiger partial charge in [-0.1, -0.05) is 53.9 Å². The number of nitriles is 1. The summed E-state index contributed by atoms with van der Waals surface area (Å²) in [4.78, 5) is 12.6. The summed E-state index contributed by atoms with van der Waals surface area (Å²) < 4.78 is 5.54. The predicted molar refractivity (Wildman–Crippen MR) is 111 cm³/mol. The lowest BCUT2D eigenvalue weighted by molar-refractivity contribution is -0.140. The van der Waals surface area contributed by atoms with E-state index in [4.69, 9.17) is 4.74 Å². The zero-order valence-corrected chi connectivity index (χ0v) is 18.2. The molecule has 0 bridgehead atoms. The summed E-state index contributed by atoms with van der Waals surface area (Å²) in [5, 5.41) is 13.2. The van der Waals surface area contributed by atoms with Crippen LogP contribution in [0, 0.1) is 22.7 Å². The standard InChI is InChI=1S/C23H38N2O2/c1-7-10-11-18(9-3)16-27-22(26)21(15-24)19-12-20(25-17(4)8-2)14-23(5,6)13-19/h12,17-18,25H,7-11,13-14,16H2,1-6H3/b21-19+. The Kier molecular flexibility index (Phi) is 9.63. The van der Waals surface area contributed by atoms with E-state index in [1.807, 2.05) is 6.08 Å². The van der Waals surface area contributed by atoms with Crippen LogP contribution in [0.4, 0.5) is 0 Å². The number of unbranched alkanes of at least 4 members (excludes halogenated alkanes) is 1. The lowest BCUT2D eigenvalue weighted by Gasteiger charge is -2.33. The number of nitrogens with zero attached hydrogens (tertiary/aromatic N) is 1. The van der Waals surface area contributed by atoms with Gasteiger partial charge in [0.05, 0.1) is 6.61 Å². The maximum atomic E-state index is 12.6. The first-order chi connectivity index (χ1) is 12.8. The molecule has 1 aliphatic rings. The number of nitrogens with one attached hydrogen (secondary N) is 1. The van der Waals surface area contributed by atoms with Gasteiger partial charge < -0.3 is 10.1 Å². The minimum atomic E-state index is -0.473. The summed E-state index contributed by atoms with van der Waals surface area (Å²) in [5.74, 6) is -0.0981. The van der Waals surface area contributed by atoms with Gasteiger partial charge in [0, 0.05) is 11.7 Å². The van der Waals surface area contributed by atoms with Crippen LogP contribution in [0.3, 0.4) is 0 Å². The van der Waals surface area contributed by atoms with Gasteiger partial charge in [-0.3, -0.25) is 0 Å². The van der Waals surface area contributed by atoms with Gasteiger partial charge in [0.1, 0.15) is 11.6 Å². The summed E-state index contributed by atoms with van der Waals surface area (Å²) in [7, 11) is 0. The van der Waals surface area contributed by atoms with E-state index in [9.17, 15) is 10.1 Å². The van der Waals surface area contributed by atoms with Crippen molar-refractivity contribution < 1.29 is 9.53 Å². The van der Waals surface area contributed by atoms with E-state index in [0.29, 0.717) is 25.0 Å². The monoisotopic (exact) mass is 374 g/mol. The van der Waals surface area contributed by atoms with Crippen LogP contribution in [-0.2, 0) is 9.53 Å². The van der Waals surface area contributed by atoms with Crippen molar-refractivity contribution in [3.05, 3.63) is 22.9 Å². The van der Waals surface area contributed by atoms with Gasteiger partial charge in [-0.2, -0.15) is 5.26 Å². The van der Waals surface area contributed by atoms with Crippen LogP contribution in [0.15, 0.2) is 22.9 Å². The average Bonchev–Trinajstić information content (AvgIpc) is 2.61. The molecular weight excluding hydrogens is 336 g/mol. The van der Waals surface area contributed by atoms with Crippen molar-refractivity contribution in [2.45, 2.75) is 92.5 Å². The summed E-state index contributed by atoms with van der Waals surface area (Å²) in [6.07, 6.45) is 8.99. The van der Waals surface area contributed by atoms with E-state index in [-0.39, 0.29) is 11.0 Å². The first kappa shape index (κ1) is 23.3. The van der Waals surface area contributed by atoms with E-state index in [1.54, 1.807) is 0 Å². The molecular formula is C23H38N2O2. The van der Waals surface area contributed by atoms with Gasteiger partial charge in [0.2, 0.25) is 0 Å². The van der Waals surface area contributed by atoms with Crippen LogP contribution in [0.1, 0.15) is 86.5 Å². The molecule has 0 spiro atoms. The van der Waals surface area contributed by atoms with Crippen molar-refractivity contribution in [2.24, 2.45) is 11.3 Å². The molecule has 1 rings (SSSR count). The number of allylic oxidation sites excluding steroid dienone is 3. The van der Waals surface area contributed by atoms with Gasteiger partial charge in [-0.25, -0.2) is 4.79 Å². The lowest BCUT2D eigenvalue weighted by Crippen LogP contribution is -2.31. The van der Waals surface area contributed by atoms with Gasteiger partial charge in [0.15, 0.2) is 0 Å². The van der Waals surface area contributed by atoms with Crippen LogP contribution >= 0.6 is 0 Å². The normalized spacial score (nSPS) is 20.1. The van der Waals surface area contributed by atoms with E-state index in [0.717, 1.165) is 49.8 Å². The first-order valence-electron chi connectivity index (χ1n) is 10.5. The molecule has 4 nitrogen and oxygen atoms in total. The fraction of sp³-hybridized carbons (Fsp3) is 0.739. The predicted octanol–water partition coefficient (Wildman–Crippen LogP) is 5.66. The number of hydrogen-bond donors (Lipinski definition) is 1. The summed E-state index contributed by atoms with van der Waals surface area (Å²) in [6, 6.07) is 2.48. The molecule has 152 valence electrons. The highest BCUT2D eigenvalue weighted by Gasteiger charge is 2.29. The van der Waals surface area contributed by atoms with Crippen molar-refractivity contribution in [1.29, 1.82) is 5.26 Å². The van der Waals surface area contributed by atoms with Crippen molar-refractivity contribution in [2.75, 3.05) is 6.61 Å². The smallest absolute Gasteiger partial charge is 0.349 e. The van der Waals surface area contributed by atoms with Crippen LogP contribution in [-0.4, -0.2) is 18.6 Å². The van der Waals surface area contributed by atoms with E-state index >= 15 is 0 Å². The SMILES string of the molecule is CCCCC(CC)COC(=O)/C(C#N)=C1\C=C(NC(C)CC)CC(C)(C)C1. The largest absolute Gasteiger partial charge is 0.461 e. The second-order valence-corrected chi connectivity index (χ2v) is 8.67. The molecule has 2 atom stereocenters. The Morgan fingerprint density at radius 2 is 2.00 bits per heavy atom. The van der Waals surface area contributed by atoms with Crippen molar-refractivity contribution >= 4 is 5.97 Å². The number of esters is 1. The van der Waals surface area contributed by atoms with E-state index in [2.05, 4.69) is 52.9 Å². The molecule has 4 heteroatoms. The van der Waals surface area contributed by atoms with Crippen molar-refractivity contribution in [3.63, 3.8) is 0 Å². The summed E-state index contributed by atoms with van der Waals surface area (Å²) in [6.45, 7) is 13.3. The molecule has 2 unspecified atom stereocenters. The Labute approximate surface area is 166 Å². The number of carbonyl (C=O) groups excluding carboxylic acids is 1. The minimum absolute atomic E-state index is 0.00926. The summed E-state index contributed by atoms with van der Waals surface area (Å²) in [5.41, 5.74) is 2.07. The Morgan fingerprint density at radius 3 is 2.56 bits per heavy atom. The maximum Gasteiger partial charge on any atom is 0.349 e. The minimum Gasteiger partial charge on any atom is -0.461 e. The van der Waals surface area contributed by atoms with E-state index < -0.39 is 5.97 Å². The van der Waals surface area contributed by atoms with Crippen LogP contribution in [0.2, 0.25) is 0 Å². The quantitative estimate of drug-likeness (QED) is 0.304. The van der Waals surface area contributed by atoms with Gasteiger partial charge in [-0.05, 0) is 55.6 Å². The fourth-order valence-corrected chi connectivity index (χ4v) is 3.49. The zero-order chi connectivity index (χ0) is 20.4. The van der Waals surface area contributed by atoms with Gasteiger partial charge in [-0.15, -0.1) is 0 Å². The maximum absolute atomic E-state index is 12.6. The molecule has 0 aromatic carbocycles. The van der Waals surface area contributed by atoms with Crippen LogP contribution < -0.4 is 5.32 Å². The Hall–Kier alpha value is -1.76. The first-order valence-corrected chi connectivity index (χ1v) is 10.5. The molecule has 0 aromatic heterocycles. The molecule has 1 aliphatic carbocycles. The third-order valence-corrected chi connectivity index (χ3v) is 5.36. The molecule has 0 heterocycles. The van der Waals surface area contributed by atoms with Crippen LogP contribution in [0.5, 0.6) is 0 Å². The molecule has 0 aliphatic heterocycles. The molecule has 1 N–H and O–H groups in total. The fourth-order valence-electron chi connectivity index (χ4n) is 3.49. The van der Waals surface area contributed by atoms with E-state index in [1.165, 1.54) is 0 Å². The highest BCUT2D eigenvalue weighted by atomic mass is 16.5. The number of carbonyl (C=O) groups is 1. The topological polar surface area (TPSA) is 62.1 Å². The molecule has 0 saturated heterocycles. The number of hydrogen-bond acceptors (Lipinski definition) is 4. The summed E-state index contributed by atoms with van der Waals surface area (Å²) >= 11 is 0. The average molecular weight is 375 g/mol. The third-order valence-electron chi connectivity index (χ3n) is 5.36. The second-order valence-electron chi connectivity index (χ2n) is 8.67. The Bertz CT molecular complexity index is 596. The molecule has 0 fully saturated rings. The number of ether oxygens (including phenoxy) is 1. The Balaban J connectivity index is 2.96. The molecule has 0 saturated carbocycles. The molecule has 27 heavy (non-hydrogen) atoms. The zero-order valence-electron chi connectivity index (χ0n) is 18.2. The lowest BCUT2D eigenvalue weighted by atomic mass is 9.76. The Morgan fingerprint density at radius 1 is 1.30 bits per heavy atom. The highest BCUT2D eigenvalue weighted by Crippen LogP contribution is 2.38. The molecule has 0 aromatic rings. The van der Waals surface area contributed by atoms with Crippen molar-refractivity contribution in [1.82, 2.24) is 5.32 Å². The molecule has 0 amide bonds. The molecule has 0 radical (unpaired) electrons. The van der Waals surface area contributed by atoms with Gasteiger partial charge >= 0.3 is 5.97 Å². The highest BCUT2D eigenvalue weighted by molar-refractivity contribution is 5.94. The number of rotatable bonds is 10.